The maximum atomic E-state index is 13.8. The highest BCUT2D eigenvalue weighted by atomic mass is 32.2. The van der Waals surface area contributed by atoms with Crippen molar-refractivity contribution < 1.29 is 4.39 Å². The van der Waals surface area contributed by atoms with Crippen LogP contribution in [0.1, 0.15) is 18.4 Å². The van der Waals surface area contributed by atoms with Crippen molar-refractivity contribution in [2.75, 3.05) is 5.75 Å². The summed E-state index contributed by atoms with van der Waals surface area (Å²) < 4.78 is 13.8. The van der Waals surface area contributed by atoms with Gasteiger partial charge in [0.2, 0.25) is 0 Å². The molecule has 16 heavy (non-hydrogen) atoms. The van der Waals surface area contributed by atoms with Gasteiger partial charge in [0, 0.05) is 11.3 Å². The fourth-order valence-corrected chi connectivity index (χ4v) is 3.37. The number of aliphatic imine (C=N–C) groups is 1. The molecule has 1 aromatic rings. The maximum Gasteiger partial charge on any atom is 0.154 e. The zero-order chi connectivity index (χ0) is 11.2. The van der Waals surface area contributed by atoms with Gasteiger partial charge >= 0.3 is 0 Å². The molecule has 0 spiro atoms. The molecule has 1 fully saturated rings. The molecular weight excluding hydrogens is 223 g/mol. The largest absolute Gasteiger partial charge is 0.379 e. The number of fused-ring (bicyclic) bond motifs is 1. The third-order valence-corrected chi connectivity index (χ3v) is 4.27. The molecule has 0 saturated heterocycles. The summed E-state index contributed by atoms with van der Waals surface area (Å²) in [6, 6.07) is 6.92. The Labute approximate surface area is 98.1 Å². The first-order valence-corrected chi connectivity index (χ1v) is 6.44. The topological polar surface area (TPSA) is 38.4 Å². The Hall–Kier alpha value is -1.03. The molecule has 0 unspecified atom stereocenters. The molecule has 1 saturated carbocycles. The lowest BCUT2D eigenvalue weighted by atomic mass is 10.0. The normalized spacial score (nSPS) is 32.6. The number of rotatable bonds is 1. The highest BCUT2D eigenvalue weighted by molar-refractivity contribution is 8.13. The minimum absolute atomic E-state index is 0.159. The number of amidine groups is 1. The molecule has 0 aromatic heterocycles. The third-order valence-electron chi connectivity index (χ3n) is 3.44. The van der Waals surface area contributed by atoms with E-state index in [0.717, 1.165) is 18.6 Å². The van der Waals surface area contributed by atoms with Crippen molar-refractivity contribution in [3.05, 3.63) is 35.6 Å². The van der Waals surface area contributed by atoms with Gasteiger partial charge < -0.3 is 5.73 Å². The van der Waals surface area contributed by atoms with Crippen molar-refractivity contribution in [3.8, 4) is 0 Å². The van der Waals surface area contributed by atoms with Crippen LogP contribution in [0.2, 0.25) is 0 Å². The van der Waals surface area contributed by atoms with Gasteiger partial charge in [-0.1, -0.05) is 30.0 Å². The van der Waals surface area contributed by atoms with Crippen LogP contribution in [0.4, 0.5) is 4.39 Å². The van der Waals surface area contributed by atoms with Crippen molar-refractivity contribution >= 4 is 16.9 Å². The van der Waals surface area contributed by atoms with Gasteiger partial charge in [0.1, 0.15) is 5.82 Å². The molecule has 4 heteroatoms. The zero-order valence-corrected chi connectivity index (χ0v) is 9.64. The van der Waals surface area contributed by atoms with E-state index in [4.69, 9.17) is 5.73 Å². The Morgan fingerprint density at radius 2 is 2.25 bits per heavy atom. The molecule has 1 aromatic carbocycles. The van der Waals surface area contributed by atoms with E-state index in [1.165, 1.54) is 6.07 Å². The maximum absolute atomic E-state index is 13.8. The summed E-state index contributed by atoms with van der Waals surface area (Å²) in [7, 11) is 0. The summed E-state index contributed by atoms with van der Waals surface area (Å²) in [5.41, 5.74) is 6.18. The number of nitrogens with two attached hydrogens (primary N) is 1. The van der Waals surface area contributed by atoms with Crippen molar-refractivity contribution in [1.29, 1.82) is 0 Å². The van der Waals surface area contributed by atoms with E-state index in [-0.39, 0.29) is 11.4 Å². The summed E-state index contributed by atoms with van der Waals surface area (Å²) in [6.07, 6.45) is 2.01. The predicted molar refractivity (Wildman–Crippen MR) is 64.9 cm³/mol. The number of benzene rings is 1. The molecule has 1 aliphatic carbocycles. The Kier molecular flexibility index (Phi) is 2.21. The Bertz CT molecular complexity index is 460. The molecule has 2 nitrogen and oxygen atoms in total. The van der Waals surface area contributed by atoms with E-state index in [9.17, 15) is 4.39 Å². The summed E-state index contributed by atoms with van der Waals surface area (Å²) in [5.74, 6) is 1.31. The van der Waals surface area contributed by atoms with E-state index in [2.05, 4.69) is 4.99 Å². The molecule has 84 valence electrons. The van der Waals surface area contributed by atoms with Gasteiger partial charge in [-0.15, -0.1) is 0 Å². The second-order valence-corrected chi connectivity index (χ2v) is 5.51. The molecule has 2 atom stereocenters. The van der Waals surface area contributed by atoms with E-state index in [0.29, 0.717) is 16.6 Å². The van der Waals surface area contributed by atoms with Gasteiger partial charge in [0.15, 0.2) is 5.17 Å². The molecule has 0 amide bonds. The van der Waals surface area contributed by atoms with Crippen LogP contribution in [-0.4, -0.2) is 10.9 Å². The summed E-state index contributed by atoms with van der Waals surface area (Å²) >= 11 is 1.58. The molecule has 0 bridgehead atoms. The molecule has 3 rings (SSSR count). The summed E-state index contributed by atoms with van der Waals surface area (Å²) in [4.78, 5) is 4.53. The summed E-state index contributed by atoms with van der Waals surface area (Å²) in [6.45, 7) is 0. The Morgan fingerprint density at radius 3 is 3.06 bits per heavy atom. The molecule has 0 radical (unpaired) electrons. The molecule has 2 aliphatic rings. The zero-order valence-electron chi connectivity index (χ0n) is 8.82. The van der Waals surface area contributed by atoms with Crippen LogP contribution in [0.25, 0.3) is 0 Å². The molecule has 1 aliphatic heterocycles. The van der Waals surface area contributed by atoms with Crippen LogP contribution in [-0.2, 0) is 5.54 Å². The standard InChI is InChI=1S/C12H13FN2S/c13-10-4-2-1-3-9(10)12-7-8(12)5-6-16-11(14)15-12/h1-4,8H,5-7H2,(H2,14,15)/t8-,12+/m0/s1. The number of nitrogens with zero attached hydrogens (tertiary/aromatic N) is 1. The van der Waals surface area contributed by atoms with E-state index in [1.54, 1.807) is 17.8 Å². The lowest BCUT2D eigenvalue weighted by Gasteiger charge is -2.13. The number of hydrogen-bond acceptors (Lipinski definition) is 3. The van der Waals surface area contributed by atoms with Crippen LogP contribution in [0.5, 0.6) is 0 Å². The van der Waals surface area contributed by atoms with Crippen LogP contribution in [0.15, 0.2) is 29.3 Å². The Morgan fingerprint density at radius 1 is 1.44 bits per heavy atom. The van der Waals surface area contributed by atoms with Gasteiger partial charge in [-0.3, -0.25) is 4.99 Å². The summed E-state index contributed by atoms with van der Waals surface area (Å²) in [5, 5.41) is 0.600. The first kappa shape index (κ1) is 10.1. The van der Waals surface area contributed by atoms with Crippen LogP contribution in [0.3, 0.4) is 0 Å². The van der Waals surface area contributed by atoms with E-state index >= 15 is 0 Å². The van der Waals surface area contributed by atoms with Gasteiger partial charge in [-0.25, -0.2) is 4.39 Å². The highest BCUT2D eigenvalue weighted by Gasteiger charge is 2.57. The highest BCUT2D eigenvalue weighted by Crippen LogP contribution is 2.59. The second-order valence-electron chi connectivity index (χ2n) is 4.39. The molecule has 1 heterocycles. The second kappa shape index (κ2) is 3.48. The smallest absolute Gasteiger partial charge is 0.154 e. The third kappa shape index (κ3) is 1.44. The van der Waals surface area contributed by atoms with Crippen molar-refractivity contribution in [1.82, 2.24) is 0 Å². The fourth-order valence-electron chi connectivity index (χ4n) is 2.53. The minimum Gasteiger partial charge on any atom is -0.379 e. The van der Waals surface area contributed by atoms with Crippen molar-refractivity contribution in [3.63, 3.8) is 0 Å². The van der Waals surface area contributed by atoms with E-state index in [1.807, 2.05) is 12.1 Å². The fraction of sp³-hybridized carbons (Fsp3) is 0.417. The molecular formula is C12H13FN2S. The number of halogens is 1. The van der Waals surface area contributed by atoms with Crippen LogP contribution < -0.4 is 5.73 Å². The van der Waals surface area contributed by atoms with Gasteiger partial charge in [0.05, 0.1) is 5.54 Å². The quantitative estimate of drug-likeness (QED) is 0.813. The number of thioether (sulfide) groups is 1. The average molecular weight is 236 g/mol. The van der Waals surface area contributed by atoms with Crippen LogP contribution in [0, 0.1) is 11.7 Å². The van der Waals surface area contributed by atoms with Crippen molar-refractivity contribution in [2.45, 2.75) is 18.4 Å². The SMILES string of the molecule is NC1=N[C@]2(c3ccccc3F)C[C@@H]2CCS1. The first-order valence-electron chi connectivity index (χ1n) is 5.45. The van der Waals surface area contributed by atoms with Gasteiger partial charge in [-0.2, -0.15) is 0 Å². The Balaban J connectivity index is 2.06. The van der Waals surface area contributed by atoms with Gasteiger partial charge in [-0.05, 0) is 24.8 Å². The minimum atomic E-state index is -0.348. The lowest BCUT2D eigenvalue weighted by molar-refractivity contribution is 0.551. The van der Waals surface area contributed by atoms with Crippen LogP contribution >= 0.6 is 11.8 Å². The first-order chi connectivity index (χ1) is 7.72. The average Bonchev–Trinajstić information content (AvgIpc) is 2.93. The van der Waals surface area contributed by atoms with Crippen molar-refractivity contribution in [2.24, 2.45) is 16.6 Å². The number of hydrogen-bond donors (Lipinski definition) is 1. The lowest BCUT2D eigenvalue weighted by Crippen LogP contribution is -2.14. The molecule has 2 N–H and O–H groups in total. The predicted octanol–water partition coefficient (Wildman–Crippen LogP) is 2.49. The van der Waals surface area contributed by atoms with E-state index < -0.39 is 0 Å². The monoisotopic (exact) mass is 236 g/mol. The van der Waals surface area contributed by atoms with Gasteiger partial charge in [0.25, 0.3) is 0 Å².